The number of piperidine rings is 1. The average molecular weight is 372 g/mol. The van der Waals surface area contributed by atoms with E-state index in [1.54, 1.807) is 29.2 Å². The standard InChI is InChI=1S/C21H22ClNO3/c1-15-2-4-16(5-3-15)21(25)17-10-12-23(13-11-17)20(24)14-26-19-8-6-18(22)7-9-19/h2-9,17H,10-14H2,1H3. The molecule has 0 radical (unpaired) electrons. The number of likely N-dealkylation sites (tertiary alicyclic amines) is 1. The number of ether oxygens (including phenoxy) is 1. The van der Waals surface area contributed by atoms with Gasteiger partial charge in [-0.25, -0.2) is 0 Å². The third kappa shape index (κ3) is 4.64. The van der Waals surface area contributed by atoms with Gasteiger partial charge in [-0.3, -0.25) is 9.59 Å². The zero-order valence-electron chi connectivity index (χ0n) is 14.8. The monoisotopic (exact) mass is 371 g/mol. The van der Waals surface area contributed by atoms with Crippen LogP contribution in [0.4, 0.5) is 0 Å². The number of hydrogen-bond acceptors (Lipinski definition) is 3. The van der Waals surface area contributed by atoms with Crippen molar-refractivity contribution >= 4 is 23.3 Å². The van der Waals surface area contributed by atoms with Crippen LogP contribution in [-0.2, 0) is 4.79 Å². The first-order valence-electron chi connectivity index (χ1n) is 8.80. The Bertz CT molecular complexity index is 763. The zero-order valence-corrected chi connectivity index (χ0v) is 15.5. The lowest BCUT2D eigenvalue weighted by molar-refractivity contribution is -0.134. The molecule has 2 aromatic carbocycles. The number of hydrogen-bond donors (Lipinski definition) is 0. The number of carbonyl (C=O) groups is 2. The summed E-state index contributed by atoms with van der Waals surface area (Å²) < 4.78 is 5.51. The molecule has 1 saturated heterocycles. The number of aryl methyl sites for hydroxylation is 1. The van der Waals surface area contributed by atoms with E-state index >= 15 is 0 Å². The fourth-order valence-corrected chi connectivity index (χ4v) is 3.24. The van der Waals surface area contributed by atoms with Crippen molar-refractivity contribution in [1.29, 1.82) is 0 Å². The summed E-state index contributed by atoms with van der Waals surface area (Å²) >= 11 is 5.83. The van der Waals surface area contributed by atoms with E-state index in [-0.39, 0.29) is 24.2 Å². The molecular formula is C21H22ClNO3. The molecule has 2 aromatic rings. The summed E-state index contributed by atoms with van der Waals surface area (Å²) in [6, 6.07) is 14.6. The fraction of sp³-hybridized carbons (Fsp3) is 0.333. The maximum atomic E-state index is 12.6. The molecule has 1 heterocycles. The number of carbonyl (C=O) groups excluding carboxylic acids is 2. The molecule has 1 aliphatic heterocycles. The van der Waals surface area contributed by atoms with Gasteiger partial charge in [-0.15, -0.1) is 0 Å². The van der Waals surface area contributed by atoms with Crippen molar-refractivity contribution in [3.05, 3.63) is 64.7 Å². The highest BCUT2D eigenvalue weighted by Crippen LogP contribution is 2.22. The van der Waals surface area contributed by atoms with Gasteiger partial charge in [0.15, 0.2) is 12.4 Å². The van der Waals surface area contributed by atoms with E-state index in [1.165, 1.54) is 0 Å². The number of Topliss-reactive ketones (excluding diaryl/α,β-unsaturated/α-hetero) is 1. The van der Waals surface area contributed by atoms with Crippen LogP contribution in [0.2, 0.25) is 5.02 Å². The van der Waals surface area contributed by atoms with Crippen molar-refractivity contribution in [3.63, 3.8) is 0 Å². The topological polar surface area (TPSA) is 46.6 Å². The Morgan fingerprint density at radius 3 is 2.27 bits per heavy atom. The number of amides is 1. The van der Waals surface area contributed by atoms with Gasteiger partial charge in [0.05, 0.1) is 0 Å². The number of nitrogens with zero attached hydrogens (tertiary/aromatic N) is 1. The summed E-state index contributed by atoms with van der Waals surface area (Å²) in [6.07, 6.45) is 1.39. The summed E-state index contributed by atoms with van der Waals surface area (Å²) in [5.74, 6) is 0.724. The van der Waals surface area contributed by atoms with Crippen LogP contribution in [0.5, 0.6) is 5.75 Å². The molecule has 1 fully saturated rings. The minimum absolute atomic E-state index is 0.00178. The third-order valence-corrected chi connectivity index (χ3v) is 4.98. The van der Waals surface area contributed by atoms with E-state index in [0.29, 0.717) is 36.7 Å². The second kappa shape index (κ2) is 8.37. The van der Waals surface area contributed by atoms with Crippen molar-refractivity contribution in [1.82, 2.24) is 4.90 Å². The quantitative estimate of drug-likeness (QED) is 0.742. The van der Waals surface area contributed by atoms with Crippen molar-refractivity contribution in [2.24, 2.45) is 5.92 Å². The van der Waals surface area contributed by atoms with Crippen molar-refractivity contribution in [2.75, 3.05) is 19.7 Å². The Morgan fingerprint density at radius 2 is 1.65 bits per heavy atom. The molecule has 0 bridgehead atoms. The van der Waals surface area contributed by atoms with Crippen LogP contribution in [0.15, 0.2) is 48.5 Å². The van der Waals surface area contributed by atoms with Gasteiger partial charge < -0.3 is 9.64 Å². The lowest BCUT2D eigenvalue weighted by atomic mass is 9.88. The van der Waals surface area contributed by atoms with Crippen LogP contribution in [-0.4, -0.2) is 36.3 Å². The van der Waals surface area contributed by atoms with Crippen LogP contribution in [0.1, 0.15) is 28.8 Å². The molecule has 0 unspecified atom stereocenters. The van der Waals surface area contributed by atoms with Crippen LogP contribution in [0.25, 0.3) is 0 Å². The van der Waals surface area contributed by atoms with E-state index in [1.807, 2.05) is 31.2 Å². The zero-order chi connectivity index (χ0) is 18.5. The molecule has 5 heteroatoms. The molecule has 1 amide bonds. The number of rotatable bonds is 5. The van der Waals surface area contributed by atoms with Gasteiger partial charge in [-0.1, -0.05) is 41.4 Å². The van der Waals surface area contributed by atoms with Crippen LogP contribution in [0.3, 0.4) is 0 Å². The molecule has 1 aliphatic rings. The van der Waals surface area contributed by atoms with E-state index < -0.39 is 0 Å². The molecule has 0 saturated carbocycles. The molecule has 3 rings (SSSR count). The first-order valence-corrected chi connectivity index (χ1v) is 9.18. The Hall–Kier alpha value is -2.33. The van der Waals surface area contributed by atoms with Gasteiger partial charge in [0.25, 0.3) is 5.91 Å². The van der Waals surface area contributed by atoms with Gasteiger partial charge in [0, 0.05) is 29.6 Å². The summed E-state index contributed by atoms with van der Waals surface area (Å²) in [6.45, 7) is 3.18. The SMILES string of the molecule is Cc1ccc(C(=O)C2CCN(C(=O)COc3ccc(Cl)cc3)CC2)cc1. The Balaban J connectivity index is 1.48. The van der Waals surface area contributed by atoms with Gasteiger partial charge in [0.2, 0.25) is 0 Å². The minimum atomic E-state index is -0.0545. The maximum absolute atomic E-state index is 12.6. The number of benzene rings is 2. The van der Waals surface area contributed by atoms with Gasteiger partial charge >= 0.3 is 0 Å². The lowest BCUT2D eigenvalue weighted by Crippen LogP contribution is -2.42. The van der Waals surface area contributed by atoms with Crippen molar-refractivity contribution in [2.45, 2.75) is 19.8 Å². The second-order valence-corrected chi connectivity index (χ2v) is 7.06. The van der Waals surface area contributed by atoms with Crippen molar-refractivity contribution in [3.8, 4) is 5.75 Å². The second-order valence-electron chi connectivity index (χ2n) is 6.63. The molecule has 136 valence electrons. The highest BCUT2D eigenvalue weighted by Gasteiger charge is 2.28. The van der Waals surface area contributed by atoms with Gasteiger partial charge in [-0.05, 0) is 44.0 Å². The Labute approximate surface area is 158 Å². The highest BCUT2D eigenvalue weighted by molar-refractivity contribution is 6.30. The maximum Gasteiger partial charge on any atom is 0.260 e. The van der Waals surface area contributed by atoms with E-state index in [2.05, 4.69) is 0 Å². The number of halogens is 1. The van der Waals surface area contributed by atoms with E-state index in [4.69, 9.17) is 16.3 Å². The van der Waals surface area contributed by atoms with Gasteiger partial charge in [-0.2, -0.15) is 0 Å². The average Bonchev–Trinajstić information content (AvgIpc) is 2.67. The summed E-state index contributed by atoms with van der Waals surface area (Å²) in [5, 5.41) is 0.629. The first kappa shape index (κ1) is 18.5. The molecular weight excluding hydrogens is 350 g/mol. The molecule has 0 N–H and O–H groups in total. The molecule has 26 heavy (non-hydrogen) atoms. The van der Waals surface area contributed by atoms with Crippen LogP contribution < -0.4 is 4.74 Å². The molecule has 0 aromatic heterocycles. The molecule has 0 aliphatic carbocycles. The molecule has 0 atom stereocenters. The number of ketones is 1. The van der Waals surface area contributed by atoms with Crippen LogP contribution >= 0.6 is 11.6 Å². The summed E-state index contributed by atoms with van der Waals surface area (Å²) in [7, 11) is 0. The summed E-state index contributed by atoms with van der Waals surface area (Å²) in [5.41, 5.74) is 1.90. The first-order chi connectivity index (χ1) is 12.5. The largest absolute Gasteiger partial charge is 0.484 e. The normalized spacial score (nSPS) is 14.9. The predicted octanol–water partition coefficient (Wildman–Crippen LogP) is 4.15. The Kier molecular flexibility index (Phi) is 5.94. The van der Waals surface area contributed by atoms with E-state index in [0.717, 1.165) is 11.1 Å². The predicted molar refractivity (Wildman–Crippen MR) is 102 cm³/mol. The Morgan fingerprint density at radius 1 is 1.04 bits per heavy atom. The van der Waals surface area contributed by atoms with Gasteiger partial charge in [0.1, 0.15) is 5.75 Å². The van der Waals surface area contributed by atoms with E-state index in [9.17, 15) is 9.59 Å². The summed E-state index contributed by atoms with van der Waals surface area (Å²) in [4.78, 5) is 26.7. The lowest BCUT2D eigenvalue weighted by Gasteiger charge is -2.31. The highest BCUT2D eigenvalue weighted by atomic mass is 35.5. The van der Waals surface area contributed by atoms with Crippen molar-refractivity contribution < 1.29 is 14.3 Å². The third-order valence-electron chi connectivity index (χ3n) is 4.73. The van der Waals surface area contributed by atoms with Crippen LogP contribution in [0, 0.1) is 12.8 Å². The molecule has 4 nitrogen and oxygen atoms in total. The smallest absolute Gasteiger partial charge is 0.260 e. The minimum Gasteiger partial charge on any atom is -0.484 e. The molecule has 0 spiro atoms. The fourth-order valence-electron chi connectivity index (χ4n) is 3.11.